The Morgan fingerprint density at radius 1 is 1.07 bits per heavy atom. The maximum atomic E-state index is 13.7. The van der Waals surface area contributed by atoms with Gasteiger partial charge in [-0.15, -0.1) is 0 Å². The van der Waals surface area contributed by atoms with E-state index in [1.54, 1.807) is 23.6 Å². The molecule has 0 N–H and O–H groups in total. The minimum Gasteiger partial charge on any atom is -0.493 e. The molecule has 0 fully saturated rings. The van der Waals surface area contributed by atoms with E-state index in [-0.39, 0.29) is 18.1 Å². The van der Waals surface area contributed by atoms with Crippen LogP contribution in [0, 0.1) is 19.7 Å². The van der Waals surface area contributed by atoms with Gasteiger partial charge in [-0.25, -0.2) is 23.1 Å². The number of carbonyl (C=O) groups is 1. The molecule has 0 atom stereocenters. The second kappa shape index (κ2) is 11.7. The van der Waals surface area contributed by atoms with Crippen LogP contribution in [-0.2, 0) is 19.4 Å². The lowest BCUT2D eigenvalue weighted by atomic mass is 10.0. The summed E-state index contributed by atoms with van der Waals surface area (Å²) in [6, 6.07) is 6.95. The summed E-state index contributed by atoms with van der Waals surface area (Å²) in [6.07, 6.45) is 4.79. The Balaban J connectivity index is 0.000000220. The van der Waals surface area contributed by atoms with E-state index in [0.717, 1.165) is 58.4 Å². The molecular formula is C30H34F3N5O2. The number of halogens is 3. The van der Waals surface area contributed by atoms with Gasteiger partial charge in [0.1, 0.15) is 23.7 Å². The summed E-state index contributed by atoms with van der Waals surface area (Å²) in [5.41, 5.74) is 5.43. The molecule has 2 aliphatic heterocycles. The summed E-state index contributed by atoms with van der Waals surface area (Å²) in [4.78, 5) is 27.2. The van der Waals surface area contributed by atoms with Crippen molar-refractivity contribution in [3.63, 3.8) is 0 Å². The molecule has 2 aliphatic rings. The molecule has 0 aliphatic carbocycles. The van der Waals surface area contributed by atoms with Gasteiger partial charge in [0.25, 0.3) is 11.8 Å². The maximum Gasteiger partial charge on any atom is 0.275 e. The molecule has 6 rings (SSSR count). The monoisotopic (exact) mass is 553 g/mol. The highest BCUT2D eigenvalue weighted by Gasteiger charge is 2.34. The van der Waals surface area contributed by atoms with Crippen LogP contribution in [0.2, 0.25) is 0 Å². The van der Waals surface area contributed by atoms with Gasteiger partial charge < -0.3 is 9.64 Å². The van der Waals surface area contributed by atoms with Crippen molar-refractivity contribution in [1.82, 2.24) is 24.3 Å². The van der Waals surface area contributed by atoms with Gasteiger partial charge in [-0.2, -0.15) is 0 Å². The highest BCUT2D eigenvalue weighted by Crippen LogP contribution is 2.34. The van der Waals surface area contributed by atoms with Gasteiger partial charge in [0.05, 0.1) is 30.9 Å². The van der Waals surface area contributed by atoms with Gasteiger partial charge in [-0.05, 0) is 44.0 Å². The normalized spacial score (nSPS) is 13.7. The zero-order chi connectivity index (χ0) is 29.2. The Bertz CT molecular complexity index is 1540. The van der Waals surface area contributed by atoms with Crippen LogP contribution < -0.4 is 4.74 Å². The first-order valence-corrected chi connectivity index (χ1v) is 13.5. The largest absolute Gasteiger partial charge is 0.493 e. The van der Waals surface area contributed by atoms with Gasteiger partial charge in [0, 0.05) is 41.9 Å². The van der Waals surface area contributed by atoms with Crippen LogP contribution in [0.4, 0.5) is 13.2 Å². The first-order valence-electron chi connectivity index (χ1n) is 13.5. The van der Waals surface area contributed by atoms with Crippen molar-refractivity contribution in [2.75, 3.05) is 13.2 Å². The van der Waals surface area contributed by atoms with E-state index >= 15 is 0 Å². The number of rotatable bonds is 3. The first-order chi connectivity index (χ1) is 19.1. The molecule has 0 saturated heterocycles. The van der Waals surface area contributed by atoms with Gasteiger partial charge in [0.2, 0.25) is 0 Å². The number of amides is 1. The van der Waals surface area contributed by atoms with E-state index in [1.807, 2.05) is 39.8 Å². The van der Waals surface area contributed by atoms with E-state index in [9.17, 15) is 18.0 Å². The van der Waals surface area contributed by atoms with E-state index in [0.29, 0.717) is 23.6 Å². The summed E-state index contributed by atoms with van der Waals surface area (Å²) in [5, 5.41) is 0. The van der Waals surface area contributed by atoms with E-state index in [4.69, 9.17) is 4.74 Å². The SMILES string of the molecule is CC.CCc1c(F)ccc2c1CCO2.Cc1ccc2c(n1)CN(CC(C)(F)F)C(=O)c1ncn3c(C)ncc-2c13. The highest BCUT2D eigenvalue weighted by molar-refractivity contribution is 6.04. The number of pyridine rings is 1. The lowest BCUT2D eigenvalue weighted by molar-refractivity contribution is -0.0131. The quantitative estimate of drug-likeness (QED) is 0.295. The second-order valence-electron chi connectivity index (χ2n) is 9.66. The second-order valence-corrected chi connectivity index (χ2v) is 9.66. The third-order valence-corrected chi connectivity index (χ3v) is 6.75. The predicted molar refractivity (Wildman–Crippen MR) is 147 cm³/mol. The lowest BCUT2D eigenvalue weighted by Crippen LogP contribution is -2.40. The minimum absolute atomic E-state index is 0.00832. The number of alkyl halides is 2. The Labute approximate surface area is 232 Å². The minimum atomic E-state index is -3.02. The number of nitrogens with zero attached hydrogens (tertiary/aromatic N) is 5. The molecule has 3 aromatic heterocycles. The molecule has 0 spiro atoms. The molecule has 40 heavy (non-hydrogen) atoms. The van der Waals surface area contributed by atoms with Gasteiger partial charge in [0.15, 0.2) is 5.69 Å². The number of hydrogen-bond donors (Lipinski definition) is 0. The van der Waals surface area contributed by atoms with Crippen LogP contribution in [0.25, 0.3) is 16.6 Å². The molecule has 0 unspecified atom stereocenters. The molecule has 1 aromatic carbocycles. The first kappa shape index (κ1) is 29.0. The Morgan fingerprint density at radius 2 is 1.82 bits per heavy atom. The van der Waals surface area contributed by atoms with Crippen LogP contribution in [0.5, 0.6) is 5.75 Å². The van der Waals surface area contributed by atoms with Crippen molar-refractivity contribution in [3.8, 4) is 16.9 Å². The average Bonchev–Trinajstić information content (AvgIpc) is 3.57. The zero-order valence-corrected chi connectivity index (χ0v) is 23.7. The zero-order valence-electron chi connectivity index (χ0n) is 23.7. The fraction of sp³-hybridized carbons (Fsp3) is 0.400. The Kier molecular flexibility index (Phi) is 8.46. The molecule has 0 bridgehead atoms. The summed E-state index contributed by atoms with van der Waals surface area (Å²) < 4.78 is 47.6. The highest BCUT2D eigenvalue weighted by atomic mass is 19.3. The maximum absolute atomic E-state index is 13.7. The van der Waals surface area contributed by atoms with E-state index in [1.165, 1.54) is 12.4 Å². The number of ether oxygens (including phenoxy) is 1. The smallest absolute Gasteiger partial charge is 0.275 e. The molecule has 10 heteroatoms. The molecule has 0 saturated carbocycles. The fourth-order valence-electron chi connectivity index (χ4n) is 5.03. The van der Waals surface area contributed by atoms with Crippen LogP contribution in [-0.4, -0.2) is 49.2 Å². The Hall–Kier alpha value is -3.95. The van der Waals surface area contributed by atoms with Gasteiger partial charge >= 0.3 is 0 Å². The predicted octanol–water partition coefficient (Wildman–Crippen LogP) is 6.37. The van der Waals surface area contributed by atoms with Crippen LogP contribution in [0.3, 0.4) is 0 Å². The topological polar surface area (TPSA) is 72.6 Å². The number of imidazole rings is 1. The van der Waals surface area contributed by atoms with Crippen LogP contribution >= 0.6 is 0 Å². The molecule has 5 heterocycles. The van der Waals surface area contributed by atoms with Crippen molar-refractivity contribution in [2.45, 2.75) is 66.9 Å². The molecule has 212 valence electrons. The van der Waals surface area contributed by atoms with E-state index < -0.39 is 18.4 Å². The van der Waals surface area contributed by atoms with Gasteiger partial charge in [-0.1, -0.05) is 26.8 Å². The number of carbonyl (C=O) groups excluding carboxylic acids is 1. The third kappa shape index (κ3) is 5.66. The van der Waals surface area contributed by atoms with E-state index in [2.05, 4.69) is 15.0 Å². The molecule has 7 nitrogen and oxygen atoms in total. The lowest BCUT2D eigenvalue weighted by Gasteiger charge is -2.27. The standard InChI is InChI=1S/C18H17F2N5O.C10H11FO.C2H6/c1-10-4-5-12-13-6-21-11(2)25-9-22-15(16(13)25)17(26)24(7-14(12)23-10)8-18(3,19)20;1-2-7-8-5-6-12-10(8)4-3-9(7)11;1-2/h4-6,9H,7-8H2,1-3H3;3-4H,2,5-6H2,1H3;1-2H3. The van der Waals surface area contributed by atoms with Gasteiger partial charge in [-0.3, -0.25) is 14.2 Å². The molecule has 1 amide bonds. The fourth-order valence-corrected chi connectivity index (χ4v) is 5.03. The van der Waals surface area contributed by atoms with Crippen molar-refractivity contribution in [3.05, 3.63) is 76.6 Å². The summed E-state index contributed by atoms with van der Waals surface area (Å²) in [5.74, 6) is -2.12. The molecule has 4 aromatic rings. The summed E-state index contributed by atoms with van der Waals surface area (Å²) in [6.45, 7) is 10.4. The Morgan fingerprint density at radius 3 is 2.52 bits per heavy atom. The number of benzene rings is 1. The van der Waals surface area contributed by atoms with Crippen LogP contribution in [0.1, 0.15) is 66.5 Å². The van der Waals surface area contributed by atoms with Crippen molar-refractivity contribution in [2.24, 2.45) is 0 Å². The third-order valence-electron chi connectivity index (χ3n) is 6.75. The number of fused-ring (bicyclic) bond motifs is 3. The van der Waals surface area contributed by atoms with Crippen molar-refractivity contribution < 1.29 is 22.7 Å². The summed E-state index contributed by atoms with van der Waals surface area (Å²) in [7, 11) is 0. The number of aromatic nitrogens is 4. The number of hydrogen-bond acceptors (Lipinski definition) is 5. The van der Waals surface area contributed by atoms with Crippen LogP contribution in [0.15, 0.2) is 36.8 Å². The molecule has 0 radical (unpaired) electrons. The number of aryl methyl sites for hydroxylation is 2. The van der Waals surface area contributed by atoms with Crippen molar-refractivity contribution in [1.29, 1.82) is 0 Å². The van der Waals surface area contributed by atoms with Crippen molar-refractivity contribution >= 4 is 11.4 Å². The molecular weight excluding hydrogens is 519 g/mol. The average molecular weight is 554 g/mol. The summed E-state index contributed by atoms with van der Waals surface area (Å²) >= 11 is 0.